The Hall–Kier alpha value is -2.08. The van der Waals surface area contributed by atoms with Gasteiger partial charge in [-0.25, -0.2) is 4.79 Å². The first kappa shape index (κ1) is 18.7. The van der Waals surface area contributed by atoms with Crippen LogP contribution in [-0.2, 0) is 17.9 Å². The molecule has 2 aliphatic heterocycles. The predicted molar refractivity (Wildman–Crippen MR) is 98.5 cm³/mol. The van der Waals surface area contributed by atoms with Crippen LogP contribution >= 0.6 is 0 Å². The summed E-state index contributed by atoms with van der Waals surface area (Å²) in [6, 6.07) is 3.21. The molecule has 0 radical (unpaired) electrons. The summed E-state index contributed by atoms with van der Waals surface area (Å²) in [7, 11) is 0. The fraction of sp³-hybridized carbons (Fsp3) is 0.600. The fourth-order valence-corrected chi connectivity index (χ4v) is 3.94. The van der Waals surface area contributed by atoms with Gasteiger partial charge in [-0.05, 0) is 38.3 Å². The van der Waals surface area contributed by atoms with Crippen LogP contribution < -0.4 is 0 Å². The van der Waals surface area contributed by atoms with Crippen molar-refractivity contribution in [2.45, 2.75) is 52.2 Å². The number of aliphatic hydroxyl groups excluding tert-OH is 1. The number of hydrogen-bond donors (Lipinski definition) is 2. The van der Waals surface area contributed by atoms with Crippen LogP contribution in [0.3, 0.4) is 0 Å². The van der Waals surface area contributed by atoms with E-state index in [0.717, 1.165) is 32.5 Å². The third-order valence-corrected chi connectivity index (χ3v) is 5.23. The van der Waals surface area contributed by atoms with Crippen LogP contribution in [0.1, 0.15) is 60.5 Å². The average molecular weight is 361 g/mol. The van der Waals surface area contributed by atoms with E-state index in [1.807, 2.05) is 0 Å². The van der Waals surface area contributed by atoms with E-state index in [0.29, 0.717) is 29.8 Å². The standard InChI is InChI=1S/C20H28N2O4/c1-2-26-20(25)15-11-16(19(24)17(12-15)14-23)13-22-10-6-9-21-8-5-3-4-7-18(21)22/h11-12,23H,2-10,13-14H2,1H3/p+1. The second kappa shape index (κ2) is 8.54. The largest absolute Gasteiger partial charge is 0.507 e. The van der Waals surface area contributed by atoms with Crippen molar-refractivity contribution in [1.29, 1.82) is 0 Å². The zero-order valence-corrected chi connectivity index (χ0v) is 15.5. The number of ether oxygens (including phenoxy) is 1. The molecule has 3 rings (SSSR count). The third-order valence-electron chi connectivity index (χ3n) is 5.23. The van der Waals surface area contributed by atoms with Crippen LogP contribution in [0.15, 0.2) is 12.1 Å². The predicted octanol–water partition coefficient (Wildman–Crippen LogP) is 2.25. The lowest BCUT2D eigenvalue weighted by Gasteiger charge is -2.27. The van der Waals surface area contributed by atoms with Gasteiger partial charge in [-0.15, -0.1) is 0 Å². The summed E-state index contributed by atoms with van der Waals surface area (Å²) in [4.78, 5) is 14.4. The molecular formula is C20H29N2O4+. The lowest BCUT2D eigenvalue weighted by Crippen LogP contribution is -2.43. The van der Waals surface area contributed by atoms with Crippen molar-refractivity contribution < 1.29 is 24.3 Å². The number of esters is 1. The van der Waals surface area contributed by atoms with Gasteiger partial charge in [-0.3, -0.25) is 9.48 Å². The number of phenols is 1. The van der Waals surface area contributed by atoms with Crippen LogP contribution in [0.5, 0.6) is 5.75 Å². The number of amidine groups is 1. The molecule has 6 heteroatoms. The molecule has 142 valence electrons. The highest BCUT2D eigenvalue weighted by Crippen LogP contribution is 2.28. The van der Waals surface area contributed by atoms with E-state index >= 15 is 0 Å². The van der Waals surface area contributed by atoms with Crippen LogP contribution in [0, 0.1) is 0 Å². The summed E-state index contributed by atoms with van der Waals surface area (Å²) >= 11 is 0. The van der Waals surface area contributed by atoms with Gasteiger partial charge in [0.05, 0.1) is 38.4 Å². The molecule has 0 aromatic heterocycles. The number of aliphatic hydroxyl groups is 1. The zero-order valence-electron chi connectivity index (χ0n) is 15.5. The monoisotopic (exact) mass is 361 g/mol. The molecule has 0 saturated carbocycles. The molecule has 0 unspecified atom stereocenters. The number of carbonyl (C=O) groups is 1. The molecule has 0 atom stereocenters. The molecule has 0 saturated heterocycles. The molecule has 0 spiro atoms. The molecule has 0 aliphatic carbocycles. The number of rotatable bonds is 5. The Bertz CT molecular complexity index is 699. The minimum atomic E-state index is -0.425. The SMILES string of the molecule is CCOC(=O)c1cc(CO)c(O)c(CN2CCC[N+]3=C2CCCCC3)c1. The van der Waals surface area contributed by atoms with Crippen molar-refractivity contribution in [2.75, 3.05) is 26.2 Å². The van der Waals surface area contributed by atoms with E-state index in [2.05, 4.69) is 9.48 Å². The summed E-state index contributed by atoms with van der Waals surface area (Å²) in [6.07, 6.45) is 5.83. The summed E-state index contributed by atoms with van der Waals surface area (Å²) in [5.74, 6) is 0.998. The van der Waals surface area contributed by atoms with Crippen molar-refractivity contribution in [1.82, 2.24) is 4.90 Å². The number of aromatic hydroxyl groups is 1. The summed E-state index contributed by atoms with van der Waals surface area (Å²) in [5, 5.41) is 20.1. The van der Waals surface area contributed by atoms with E-state index in [4.69, 9.17) is 4.74 Å². The summed E-state index contributed by atoms with van der Waals surface area (Å²) in [6.45, 7) is 5.43. The lowest BCUT2D eigenvalue weighted by atomic mass is 10.0. The smallest absolute Gasteiger partial charge is 0.338 e. The Morgan fingerprint density at radius 2 is 1.96 bits per heavy atom. The Balaban J connectivity index is 1.90. The molecule has 2 aliphatic rings. The van der Waals surface area contributed by atoms with Gasteiger partial charge >= 0.3 is 5.97 Å². The first-order valence-electron chi connectivity index (χ1n) is 9.62. The molecule has 0 bridgehead atoms. The van der Waals surface area contributed by atoms with Gasteiger partial charge in [0.25, 0.3) is 0 Å². The normalized spacial score (nSPS) is 17.7. The van der Waals surface area contributed by atoms with Crippen LogP contribution in [0.2, 0.25) is 0 Å². The topological polar surface area (TPSA) is 73.0 Å². The van der Waals surface area contributed by atoms with E-state index < -0.39 is 5.97 Å². The molecule has 0 amide bonds. The van der Waals surface area contributed by atoms with E-state index in [-0.39, 0.29) is 12.4 Å². The summed E-state index contributed by atoms with van der Waals surface area (Å²) in [5.41, 5.74) is 1.41. The molecule has 1 aromatic carbocycles. The summed E-state index contributed by atoms with van der Waals surface area (Å²) < 4.78 is 7.55. The van der Waals surface area contributed by atoms with Gasteiger partial charge in [0.1, 0.15) is 12.3 Å². The highest BCUT2D eigenvalue weighted by molar-refractivity contribution is 5.90. The second-order valence-corrected chi connectivity index (χ2v) is 7.01. The number of nitrogens with zero attached hydrogens (tertiary/aromatic N) is 2. The Kier molecular flexibility index (Phi) is 6.14. The molecular weight excluding hydrogens is 332 g/mol. The van der Waals surface area contributed by atoms with Crippen molar-refractivity contribution in [3.8, 4) is 5.75 Å². The van der Waals surface area contributed by atoms with Gasteiger partial charge in [0, 0.05) is 24.0 Å². The van der Waals surface area contributed by atoms with Crippen molar-refractivity contribution in [2.24, 2.45) is 0 Å². The van der Waals surface area contributed by atoms with Gasteiger partial charge in [0.2, 0.25) is 5.84 Å². The lowest BCUT2D eigenvalue weighted by molar-refractivity contribution is -0.539. The maximum atomic E-state index is 12.1. The number of benzene rings is 1. The highest BCUT2D eigenvalue weighted by Gasteiger charge is 2.29. The van der Waals surface area contributed by atoms with E-state index in [1.165, 1.54) is 31.2 Å². The maximum absolute atomic E-state index is 12.1. The van der Waals surface area contributed by atoms with Gasteiger partial charge < -0.3 is 14.9 Å². The van der Waals surface area contributed by atoms with Crippen LogP contribution in [-0.4, -0.2) is 57.7 Å². The molecule has 2 N–H and O–H groups in total. The number of hydrogen-bond acceptors (Lipinski definition) is 5. The Morgan fingerprint density at radius 3 is 2.73 bits per heavy atom. The minimum Gasteiger partial charge on any atom is -0.507 e. The quantitative estimate of drug-likeness (QED) is 0.622. The maximum Gasteiger partial charge on any atom is 0.338 e. The van der Waals surface area contributed by atoms with Gasteiger partial charge in [0.15, 0.2) is 0 Å². The molecule has 6 nitrogen and oxygen atoms in total. The van der Waals surface area contributed by atoms with Crippen molar-refractivity contribution >= 4 is 11.8 Å². The molecule has 26 heavy (non-hydrogen) atoms. The molecule has 1 aromatic rings. The van der Waals surface area contributed by atoms with Crippen LogP contribution in [0.4, 0.5) is 0 Å². The van der Waals surface area contributed by atoms with Crippen molar-refractivity contribution in [3.63, 3.8) is 0 Å². The van der Waals surface area contributed by atoms with E-state index in [9.17, 15) is 15.0 Å². The second-order valence-electron chi connectivity index (χ2n) is 7.01. The molecule has 2 heterocycles. The van der Waals surface area contributed by atoms with Gasteiger partial charge in [-0.1, -0.05) is 0 Å². The average Bonchev–Trinajstić information content (AvgIpc) is 2.89. The first-order valence-corrected chi connectivity index (χ1v) is 9.62. The minimum absolute atomic E-state index is 0.0758. The third kappa shape index (κ3) is 4.01. The number of carbonyl (C=O) groups excluding carboxylic acids is 1. The Labute approximate surface area is 154 Å². The fourth-order valence-electron chi connectivity index (χ4n) is 3.94. The van der Waals surface area contributed by atoms with Gasteiger partial charge in [-0.2, -0.15) is 0 Å². The van der Waals surface area contributed by atoms with E-state index in [1.54, 1.807) is 13.0 Å². The Morgan fingerprint density at radius 1 is 1.19 bits per heavy atom. The van der Waals surface area contributed by atoms with Crippen molar-refractivity contribution in [3.05, 3.63) is 28.8 Å². The molecule has 0 fully saturated rings. The zero-order chi connectivity index (χ0) is 18.5. The highest BCUT2D eigenvalue weighted by atomic mass is 16.5. The first-order chi connectivity index (χ1) is 12.6. The van der Waals surface area contributed by atoms with Crippen LogP contribution in [0.25, 0.3) is 0 Å².